The number of hydrogen-bond donors (Lipinski definition) is 1. The van der Waals surface area contributed by atoms with Gasteiger partial charge in [-0.2, -0.15) is 4.31 Å². The number of amides is 1. The number of halogens is 1. The topological polar surface area (TPSA) is 66.5 Å². The molecule has 0 bridgehead atoms. The predicted molar refractivity (Wildman–Crippen MR) is 98.1 cm³/mol. The second kappa shape index (κ2) is 8.45. The lowest BCUT2D eigenvalue weighted by Gasteiger charge is -2.32. The Kier molecular flexibility index (Phi) is 6.83. The van der Waals surface area contributed by atoms with E-state index in [-0.39, 0.29) is 29.3 Å². The van der Waals surface area contributed by atoms with Gasteiger partial charge in [-0.25, -0.2) is 8.42 Å². The van der Waals surface area contributed by atoms with Crippen molar-refractivity contribution in [3.8, 4) is 0 Å². The van der Waals surface area contributed by atoms with Crippen LogP contribution in [0, 0.1) is 5.92 Å². The molecule has 1 aliphatic heterocycles. The summed E-state index contributed by atoms with van der Waals surface area (Å²) in [5, 5.41) is 3.04. The molecule has 1 atom stereocenters. The van der Waals surface area contributed by atoms with E-state index in [1.165, 1.54) is 4.31 Å². The molecule has 2 rings (SSSR count). The van der Waals surface area contributed by atoms with Gasteiger partial charge in [-0.3, -0.25) is 4.79 Å². The molecule has 0 unspecified atom stereocenters. The van der Waals surface area contributed by atoms with Gasteiger partial charge >= 0.3 is 0 Å². The highest BCUT2D eigenvalue weighted by Gasteiger charge is 2.33. The minimum atomic E-state index is -3.55. The number of piperidine rings is 1. The first-order valence-corrected chi connectivity index (χ1v) is 10.7. The van der Waals surface area contributed by atoms with Crippen LogP contribution in [0.4, 0.5) is 0 Å². The summed E-state index contributed by atoms with van der Waals surface area (Å²) in [5.41, 5.74) is 0. The van der Waals surface area contributed by atoms with E-state index in [0.29, 0.717) is 13.0 Å². The lowest BCUT2D eigenvalue weighted by Crippen LogP contribution is -2.47. The van der Waals surface area contributed by atoms with Crippen LogP contribution in [0.15, 0.2) is 33.6 Å². The van der Waals surface area contributed by atoms with Crippen LogP contribution in [-0.2, 0) is 14.8 Å². The monoisotopic (exact) mass is 416 g/mol. The van der Waals surface area contributed by atoms with Gasteiger partial charge in [0.1, 0.15) is 0 Å². The highest BCUT2D eigenvalue weighted by Crippen LogP contribution is 2.25. The number of benzene rings is 1. The van der Waals surface area contributed by atoms with E-state index in [0.717, 1.165) is 23.7 Å². The van der Waals surface area contributed by atoms with Crippen LogP contribution in [0.25, 0.3) is 0 Å². The van der Waals surface area contributed by atoms with Crippen LogP contribution in [0.3, 0.4) is 0 Å². The molecule has 1 aromatic carbocycles. The predicted octanol–water partition coefficient (Wildman–Crippen LogP) is 3.15. The molecule has 1 N–H and O–H groups in total. The van der Waals surface area contributed by atoms with Crippen molar-refractivity contribution in [2.75, 3.05) is 13.1 Å². The molecular weight excluding hydrogens is 392 g/mol. The van der Waals surface area contributed by atoms with E-state index in [9.17, 15) is 13.2 Å². The van der Waals surface area contributed by atoms with Gasteiger partial charge in [0.05, 0.1) is 10.8 Å². The average Bonchev–Trinajstić information content (AvgIpc) is 2.60. The van der Waals surface area contributed by atoms with Gasteiger partial charge in [0.2, 0.25) is 15.9 Å². The Morgan fingerprint density at radius 1 is 1.29 bits per heavy atom. The summed E-state index contributed by atoms with van der Waals surface area (Å²) < 4.78 is 27.8. The fourth-order valence-electron chi connectivity index (χ4n) is 2.94. The lowest BCUT2D eigenvalue weighted by molar-refractivity contribution is -0.126. The summed E-state index contributed by atoms with van der Waals surface area (Å²) in [5.74, 6) is -0.302. The zero-order valence-electron chi connectivity index (χ0n) is 14.2. The van der Waals surface area contributed by atoms with Gasteiger partial charge in [0.15, 0.2) is 0 Å². The molecule has 1 amide bonds. The second-order valence-corrected chi connectivity index (χ2v) is 9.03. The number of sulfonamides is 1. The molecular formula is C17H25BrN2O3S. The Hall–Kier alpha value is -0.920. The Labute approximate surface area is 153 Å². The van der Waals surface area contributed by atoms with Gasteiger partial charge in [-0.1, -0.05) is 29.8 Å². The number of nitrogens with one attached hydrogen (secondary N) is 1. The zero-order chi connectivity index (χ0) is 17.7. The summed E-state index contributed by atoms with van der Waals surface area (Å²) in [6.07, 6.45) is 3.21. The molecule has 1 saturated heterocycles. The van der Waals surface area contributed by atoms with E-state index < -0.39 is 10.0 Å². The molecule has 0 spiro atoms. The Morgan fingerprint density at radius 2 is 1.92 bits per heavy atom. The van der Waals surface area contributed by atoms with Crippen LogP contribution < -0.4 is 5.32 Å². The van der Waals surface area contributed by atoms with E-state index in [1.54, 1.807) is 24.3 Å². The van der Waals surface area contributed by atoms with Gasteiger partial charge in [0, 0.05) is 23.6 Å². The smallest absolute Gasteiger partial charge is 0.243 e. The van der Waals surface area contributed by atoms with Crippen molar-refractivity contribution >= 4 is 31.9 Å². The third-order valence-electron chi connectivity index (χ3n) is 4.54. The summed E-state index contributed by atoms with van der Waals surface area (Å²) in [6, 6.07) is 6.78. The van der Waals surface area contributed by atoms with Crippen molar-refractivity contribution in [1.82, 2.24) is 9.62 Å². The minimum Gasteiger partial charge on any atom is -0.353 e. The van der Waals surface area contributed by atoms with Gasteiger partial charge in [0.25, 0.3) is 0 Å². The third-order valence-corrected chi connectivity index (χ3v) is 6.95. The van der Waals surface area contributed by atoms with E-state index in [4.69, 9.17) is 0 Å². The van der Waals surface area contributed by atoms with Crippen molar-refractivity contribution in [3.63, 3.8) is 0 Å². The largest absolute Gasteiger partial charge is 0.353 e. The van der Waals surface area contributed by atoms with Crippen molar-refractivity contribution < 1.29 is 13.2 Å². The van der Waals surface area contributed by atoms with Gasteiger partial charge < -0.3 is 5.32 Å². The van der Waals surface area contributed by atoms with Crippen molar-refractivity contribution in [1.29, 1.82) is 0 Å². The van der Waals surface area contributed by atoms with E-state index >= 15 is 0 Å². The molecule has 0 saturated carbocycles. The maximum Gasteiger partial charge on any atom is 0.243 e. The number of carbonyl (C=O) groups is 1. The molecule has 1 heterocycles. The first-order chi connectivity index (χ1) is 11.4. The average molecular weight is 417 g/mol. The number of nitrogens with zero attached hydrogens (tertiary/aromatic N) is 1. The third kappa shape index (κ3) is 4.58. The Balaban J connectivity index is 2.09. The summed E-state index contributed by atoms with van der Waals surface area (Å²) in [4.78, 5) is 12.7. The van der Waals surface area contributed by atoms with Crippen molar-refractivity contribution in [2.45, 2.75) is 50.5 Å². The maximum absolute atomic E-state index is 12.8. The molecule has 0 aliphatic carbocycles. The first-order valence-electron chi connectivity index (χ1n) is 8.44. The van der Waals surface area contributed by atoms with Gasteiger partial charge in [-0.05, 0) is 49.9 Å². The fourth-order valence-corrected chi connectivity index (χ4v) is 4.73. The Morgan fingerprint density at radius 3 is 2.50 bits per heavy atom. The van der Waals surface area contributed by atoms with Crippen LogP contribution in [-0.4, -0.2) is 37.8 Å². The maximum atomic E-state index is 12.8. The van der Waals surface area contributed by atoms with E-state index in [2.05, 4.69) is 21.2 Å². The highest BCUT2D eigenvalue weighted by molar-refractivity contribution is 9.10. The molecule has 1 aliphatic rings. The first kappa shape index (κ1) is 19.4. The van der Waals surface area contributed by atoms with Crippen molar-refractivity contribution in [3.05, 3.63) is 28.7 Å². The lowest BCUT2D eigenvalue weighted by atomic mass is 9.98. The number of rotatable bonds is 6. The Bertz CT molecular complexity index is 657. The SMILES string of the molecule is CCC(CC)NC(=O)[C@@H]1CCCN(S(=O)(=O)c2ccc(Br)cc2)C1. The minimum absolute atomic E-state index is 0.0283. The molecule has 7 heteroatoms. The quantitative estimate of drug-likeness (QED) is 0.774. The van der Waals surface area contributed by atoms with Gasteiger partial charge in [-0.15, -0.1) is 0 Å². The molecule has 0 radical (unpaired) electrons. The van der Waals surface area contributed by atoms with Crippen LogP contribution in [0.2, 0.25) is 0 Å². The zero-order valence-corrected chi connectivity index (χ0v) is 16.6. The van der Waals surface area contributed by atoms with Crippen LogP contribution in [0.5, 0.6) is 0 Å². The molecule has 0 aromatic heterocycles. The van der Waals surface area contributed by atoms with E-state index in [1.807, 2.05) is 13.8 Å². The molecule has 1 fully saturated rings. The van der Waals surface area contributed by atoms with Crippen molar-refractivity contribution in [2.24, 2.45) is 5.92 Å². The van der Waals surface area contributed by atoms with Crippen LogP contribution in [0.1, 0.15) is 39.5 Å². The highest BCUT2D eigenvalue weighted by atomic mass is 79.9. The fraction of sp³-hybridized carbons (Fsp3) is 0.588. The summed E-state index contributed by atoms with van der Waals surface area (Å²) in [7, 11) is -3.55. The number of hydrogen-bond acceptors (Lipinski definition) is 3. The molecule has 24 heavy (non-hydrogen) atoms. The second-order valence-electron chi connectivity index (χ2n) is 6.18. The number of carbonyl (C=O) groups excluding carboxylic acids is 1. The standard InChI is InChI=1S/C17H25BrN2O3S/c1-3-15(4-2)19-17(21)13-6-5-11-20(12-13)24(22,23)16-9-7-14(18)8-10-16/h7-10,13,15H,3-6,11-12H2,1-2H3,(H,19,21)/t13-/m1/s1. The molecule has 1 aromatic rings. The summed E-state index contributed by atoms with van der Waals surface area (Å²) >= 11 is 3.31. The molecule has 134 valence electrons. The van der Waals surface area contributed by atoms with Crippen LogP contribution >= 0.6 is 15.9 Å². The molecule has 5 nitrogen and oxygen atoms in total. The normalized spacial score (nSPS) is 19.4. The summed E-state index contributed by atoms with van der Waals surface area (Å²) in [6.45, 7) is 4.80.